The van der Waals surface area contributed by atoms with Gasteiger partial charge in [-0.15, -0.1) is 0 Å². The van der Waals surface area contributed by atoms with Gasteiger partial charge in [0.1, 0.15) is 5.75 Å². The molecule has 4 heteroatoms. The van der Waals surface area contributed by atoms with Crippen molar-refractivity contribution < 1.29 is 9.53 Å². The molecule has 0 aliphatic heterocycles. The molecule has 1 aliphatic carbocycles. The van der Waals surface area contributed by atoms with Crippen molar-refractivity contribution in [3.63, 3.8) is 0 Å². The first kappa shape index (κ1) is 17.1. The van der Waals surface area contributed by atoms with Gasteiger partial charge in [-0.1, -0.05) is 37.8 Å². The summed E-state index contributed by atoms with van der Waals surface area (Å²) in [5.74, 6) is 1.66. The van der Waals surface area contributed by atoms with E-state index in [9.17, 15) is 4.79 Å². The Bertz CT molecular complexity index is 496. The summed E-state index contributed by atoms with van der Waals surface area (Å²) < 4.78 is 5.28. The van der Waals surface area contributed by atoms with Crippen LogP contribution in [0.15, 0.2) is 18.2 Å². The highest BCUT2D eigenvalue weighted by Crippen LogP contribution is 2.34. The van der Waals surface area contributed by atoms with Crippen LogP contribution in [-0.2, 0) is 4.79 Å². The number of methoxy groups -OCH3 is 1. The third kappa shape index (κ3) is 4.64. The van der Waals surface area contributed by atoms with E-state index in [0.717, 1.165) is 18.8 Å². The Morgan fingerprint density at radius 2 is 2.05 bits per heavy atom. The van der Waals surface area contributed by atoms with E-state index in [4.69, 9.17) is 16.3 Å². The van der Waals surface area contributed by atoms with E-state index < -0.39 is 0 Å². The molecule has 0 saturated heterocycles. The van der Waals surface area contributed by atoms with Gasteiger partial charge in [-0.05, 0) is 49.8 Å². The van der Waals surface area contributed by atoms with E-state index in [1.807, 2.05) is 0 Å². The normalized spacial score (nSPS) is 21.4. The lowest BCUT2D eigenvalue weighted by atomic mass is 9.79. The van der Waals surface area contributed by atoms with E-state index in [0.29, 0.717) is 16.5 Å². The topological polar surface area (TPSA) is 38.3 Å². The van der Waals surface area contributed by atoms with Gasteiger partial charge in [-0.3, -0.25) is 4.79 Å². The fraction of sp³-hybridized carbons (Fsp3) is 0.611. The quantitative estimate of drug-likeness (QED) is 0.773. The minimum Gasteiger partial charge on any atom is -0.495 e. The lowest BCUT2D eigenvalue weighted by molar-refractivity contribution is -0.121. The number of carbonyl (C=O) groups is 1. The Labute approximate surface area is 138 Å². The third-order valence-electron chi connectivity index (χ3n) is 4.60. The van der Waals surface area contributed by atoms with Crippen LogP contribution in [0.4, 0.5) is 5.69 Å². The standard InChI is InChI=1S/C18H26ClNO2/c1-3-4-5-13-6-8-14(9-7-13)18(21)20-16-12-15(19)10-11-17(16)22-2/h10-14H,3-9H2,1-2H3,(H,20,21). The number of nitrogens with one attached hydrogen (secondary N) is 1. The molecule has 0 bridgehead atoms. The Morgan fingerprint density at radius 1 is 1.32 bits per heavy atom. The molecule has 0 atom stereocenters. The Morgan fingerprint density at radius 3 is 2.68 bits per heavy atom. The molecule has 1 N–H and O–H groups in total. The fourth-order valence-corrected chi connectivity index (χ4v) is 3.39. The number of halogens is 1. The van der Waals surface area contributed by atoms with Gasteiger partial charge in [0.2, 0.25) is 5.91 Å². The summed E-state index contributed by atoms with van der Waals surface area (Å²) in [6.07, 6.45) is 8.20. The van der Waals surface area contributed by atoms with Crippen LogP contribution in [0, 0.1) is 11.8 Å². The number of rotatable bonds is 6. The van der Waals surface area contributed by atoms with Crippen molar-refractivity contribution in [3.05, 3.63) is 23.2 Å². The maximum absolute atomic E-state index is 12.5. The highest BCUT2D eigenvalue weighted by atomic mass is 35.5. The highest BCUT2D eigenvalue weighted by molar-refractivity contribution is 6.31. The van der Waals surface area contributed by atoms with Gasteiger partial charge in [0.15, 0.2) is 0 Å². The average molecular weight is 324 g/mol. The minimum atomic E-state index is 0.0921. The van der Waals surface area contributed by atoms with Crippen LogP contribution in [0.3, 0.4) is 0 Å². The number of anilines is 1. The van der Waals surface area contributed by atoms with Gasteiger partial charge >= 0.3 is 0 Å². The molecular weight excluding hydrogens is 298 g/mol. The van der Waals surface area contributed by atoms with Crippen molar-refractivity contribution in [2.75, 3.05) is 12.4 Å². The summed E-state index contributed by atoms with van der Waals surface area (Å²) in [6, 6.07) is 5.28. The molecule has 1 aliphatic rings. The number of carbonyl (C=O) groups excluding carboxylic acids is 1. The van der Waals surface area contributed by atoms with Crippen molar-refractivity contribution >= 4 is 23.2 Å². The van der Waals surface area contributed by atoms with Crippen molar-refractivity contribution in [1.29, 1.82) is 0 Å². The molecule has 1 fully saturated rings. The number of amides is 1. The van der Waals surface area contributed by atoms with Crippen LogP contribution in [-0.4, -0.2) is 13.0 Å². The summed E-state index contributed by atoms with van der Waals surface area (Å²) in [4.78, 5) is 12.5. The lowest BCUT2D eigenvalue weighted by Crippen LogP contribution is -2.27. The second-order valence-electron chi connectivity index (χ2n) is 6.19. The average Bonchev–Trinajstić information content (AvgIpc) is 2.53. The van der Waals surface area contributed by atoms with Crippen molar-refractivity contribution in [3.8, 4) is 5.75 Å². The van der Waals surface area contributed by atoms with Gasteiger partial charge in [0, 0.05) is 10.9 Å². The predicted octanol–water partition coefficient (Wildman–Crippen LogP) is 5.28. The van der Waals surface area contributed by atoms with Gasteiger partial charge in [0.05, 0.1) is 12.8 Å². The maximum Gasteiger partial charge on any atom is 0.227 e. The first-order valence-electron chi connectivity index (χ1n) is 8.28. The van der Waals surface area contributed by atoms with Crippen LogP contribution in [0.1, 0.15) is 51.9 Å². The first-order valence-corrected chi connectivity index (χ1v) is 8.66. The molecule has 122 valence electrons. The number of hydrogen-bond donors (Lipinski definition) is 1. The molecular formula is C18H26ClNO2. The molecule has 2 rings (SSSR count). The second kappa shape index (κ2) is 8.42. The maximum atomic E-state index is 12.5. The Kier molecular flexibility index (Phi) is 6.56. The number of hydrogen-bond acceptors (Lipinski definition) is 2. The lowest BCUT2D eigenvalue weighted by Gasteiger charge is -2.27. The summed E-state index contributed by atoms with van der Waals surface area (Å²) in [5, 5.41) is 3.58. The Hall–Kier alpha value is -1.22. The molecule has 22 heavy (non-hydrogen) atoms. The van der Waals surface area contributed by atoms with Gasteiger partial charge in [0.25, 0.3) is 0 Å². The summed E-state index contributed by atoms with van der Waals surface area (Å²) in [5.41, 5.74) is 0.660. The zero-order chi connectivity index (χ0) is 15.9. The van der Waals surface area contributed by atoms with Crippen LogP contribution in [0.5, 0.6) is 5.75 Å². The van der Waals surface area contributed by atoms with Crippen LogP contribution >= 0.6 is 11.6 Å². The Balaban J connectivity index is 1.90. The first-order chi connectivity index (χ1) is 10.6. The molecule has 0 spiro atoms. The highest BCUT2D eigenvalue weighted by Gasteiger charge is 2.26. The van der Waals surface area contributed by atoms with Crippen molar-refractivity contribution in [2.45, 2.75) is 51.9 Å². The molecule has 0 heterocycles. The molecule has 1 aromatic carbocycles. The monoisotopic (exact) mass is 323 g/mol. The number of benzene rings is 1. The van der Waals surface area contributed by atoms with Crippen LogP contribution in [0.25, 0.3) is 0 Å². The van der Waals surface area contributed by atoms with Gasteiger partial charge in [-0.2, -0.15) is 0 Å². The molecule has 3 nitrogen and oxygen atoms in total. The third-order valence-corrected chi connectivity index (χ3v) is 4.84. The minimum absolute atomic E-state index is 0.0921. The molecule has 1 saturated carbocycles. The number of ether oxygens (including phenoxy) is 1. The predicted molar refractivity (Wildman–Crippen MR) is 91.6 cm³/mol. The largest absolute Gasteiger partial charge is 0.495 e. The van der Waals surface area contributed by atoms with Gasteiger partial charge < -0.3 is 10.1 Å². The molecule has 1 amide bonds. The molecule has 0 aromatic heterocycles. The van der Waals surface area contributed by atoms with E-state index in [2.05, 4.69) is 12.2 Å². The van der Waals surface area contributed by atoms with Gasteiger partial charge in [-0.25, -0.2) is 0 Å². The summed E-state index contributed by atoms with van der Waals surface area (Å²) in [7, 11) is 1.60. The molecule has 0 radical (unpaired) electrons. The molecule has 0 unspecified atom stereocenters. The summed E-state index contributed by atoms with van der Waals surface area (Å²) >= 11 is 6.00. The van der Waals surface area contributed by atoms with Crippen LogP contribution in [0.2, 0.25) is 5.02 Å². The zero-order valence-corrected chi connectivity index (χ0v) is 14.3. The van der Waals surface area contributed by atoms with E-state index in [-0.39, 0.29) is 11.8 Å². The zero-order valence-electron chi connectivity index (χ0n) is 13.5. The van der Waals surface area contributed by atoms with Crippen LogP contribution < -0.4 is 10.1 Å². The van der Waals surface area contributed by atoms with E-state index >= 15 is 0 Å². The fourth-order valence-electron chi connectivity index (χ4n) is 3.22. The summed E-state index contributed by atoms with van der Waals surface area (Å²) in [6.45, 7) is 2.23. The SMILES string of the molecule is CCCCC1CCC(C(=O)Nc2cc(Cl)ccc2OC)CC1. The molecule has 1 aromatic rings. The number of unbranched alkanes of at least 4 members (excludes halogenated alkanes) is 1. The van der Waals surface area contributed by atoms with Crippen molar-refractivity contribution in [1.82, 2.24) is 0 Å². The smallest absolute Gasteiger partial charge is 0.227 e. The second-order valence-corrected chi connectivity index (χ2v) is 6.63. The van der Waals surface area contributed by atoms with E-state index in [1.54, 1.807) is 25.3 Å². The van der Waals surface area contributed by atoms with E-state index in [1.165, 1.54) is 32.1 Å². The van der Waals surface area contributed by atoms with Crippen molar-refractivity contribution in [2.24, 2.45) is 11.8 Å².